The van der Waals surface area contributed by atoms with E-state index in [9.17, 15) is 9.59 Å². The van der Waals surface area contributed by atoms with Gasteiger partial charge in [0.2, 0.25) is 0 Å². The number of anilines is 1. The molecule has 1 unspecified atom stereocenters. The summed E-state index contributed by atoms with van der Waals surface area (Å²) < 4.78 is 10.9. The molecule has 1 aliphatic heterocycles. The molecule has 24 heavy (non-hydrogen) atoms. The van der Waals surface area contributed by atoms with Gasteiger partial charge in [-0.05, 0) is 30.7 Å². The quantitative estimate of drug-likeness (QED) is 0.936. The molecule has 6 heteroatoms. The fourth-order valence-electron chi connectivity index (χ4n) is 2.55. The Kier molecular flexibility index (Phi) is 4.37. The number of carbonyl (C=O) groups is 2. The molecule has 2 aromatic carbocycles. The molecule has 0 aliphatic carbocycles. The average Bonchev–Trinajstić information content (AvgIpc) is 2.60. The minimum atomic E-state index is -1.04. The van der Waals surface area contributed by atoms with E-state index in [4.69, 9.17) is 14.6 Å². The number of hydrogen-bond donors (Lipinski definition) is 1. The molecule has 6 nitrogen and oxygen atoms in total. The summed E-state index contributed by atoms with van der Waals surface area (Å²) in [6, 6.07) is 13.6. The summed E-state index contributed by atoms with van der Waals surface area (Å²) in [5, 5.41) is 9.06. The molecule has 0 saturated heterocycles. The number of carboxylic acid groups (broad SMARTS) is 1. The number of aromatic carboxylic acids is 1. The fourth-order valence-corrected chi connectivity index (χ4v) is 2.55. The van der Waals surface area contributed by atoms with Crippen molar-refractivity contribution in [2.45, 2.75) is 19.6 Å². The van der Waals surface area contributed by atoms with Crippen LogP contribution >= 0.6 is 0 Å². The van der Waals surface area contributed by atoms with Crippen molar-refractivity contribution in [3.63, 3.8) is 0 Å². The predicted octanol–water partition coefficient (Wildman–Crippen LogP) is 3.31. The maximum absolute atomic E-state index is 12.5. The third-order valence-electron chi connectivity index (χ3n) is 3.79. The van der Waals surface area contributed by atoms with E-state index in [0.29, 0.717) is 11.4 Å². The van der Waals surface area contributed by atoms with Crippen LogP contribution in [-0.4, -0.2) is 29.8 Å². The molecule has 124 valence electrons. The summed E-state index contributed by atoms with van der Waals surface area (Å²) >= 11 is 0. The molecule has 3 rings (SSSR count). The van der Waals surface area contributed by atoms with Gasteiger partial charge in [-0.25, -0.2) is 9.59 Å². The molecule has 0 radical (unpaired) electrons. The van der Waals surface area contributed by atoms with Crippen molar-refractivity contribution in [3.8, 4) is 5.75 Å². The van der Waals surface area contributed by atoms with E-state index in [1.54, 1.807) is 6.07 Å². The van der Waals surface area contributed by atoms with Gasteiger partial charge in [0.1, 0.15) is 19.0 Å². The molecule has 1 aliphatic rings. The van der Waals surface area contributed by atoms with Crippen molar-refractivity contribution in [2.24, 2.45) is 0 Å². The molecule has 0 spiro atoms. The molecular weight excluding hydrogens is 310 g/mol. The van der Waals surface area contributed by atoms with Gasteiger partial charge in [0.05, 0.1) is 17.3 Å². The van der Waals surface area contributed by atoms with E-state index in [-0.39, 0.29) is 24.8 Å². The SMILES string of the molecule is CC1COc2cc(C(=O)O)ccc2N1C(=O)OCc1ccccc1. The van der Waals surface area contributed by atoms with Crippen LogP contribution in [0.3, 0.4) is 0 Å². The number of ether oxygens (including phenoxy) is 2. The van der Waals surface area contributed by atoms with Crippen LogP contribution in [0.2, 0.25) is 0 Å². The first-order chi connectivity index (χ1) is 11.6. The van der Waals surface area contributed by atoms with Crippen LogP contribution in [-0.2, 0) is 11.3 Å². The second-order valence-corrected chi connectivity index (χ2v) is 5.56. The summed E-state index contributed by atoms with van der Waals surface area (Å²) in [5.41, 5.74) is 1.52. The van der Waals surface area contributed by atoms with Crippen molar-refractivity contribution < 1.29 is 24.2 Å². The van der Waals surface area contributed by atoms with Crippen LogP contribution in [0.25, 0.3) is 0 Å². The Bertz CT molecular complexity index is 759. The molecule has 0 fully saturated rings. The zero-order valence-corrected chi connectivity index (χ0v) is 13.1. The average molecular weight is 327 g/mol. The van der Waals surface area contributed by atoms with Crippen LogP contribution in [0.4, 0.5) is 10.5 Å². The van der Waals surface area contributed by atoms with Crippen LogP contribution in [0, 0.1) is 0 Å². The van der Waals surface area contributed by atoms with Crippen LogP contribution in [0.5, 0.6) is 5.75 Å². The van der Waals surface area contributed by atoms with Crippen molar-refractivity contribution >= 4 is 17.7 Å². The van der Waals surface area contributed by atoms with Gasteiger partial charge >= 0.3 is 12.1 Å². The standard InChI is InChI=1S/C18H17NO5/c1-12-10-23-16-9-14(17(20)21)7-8-15(16)19(12)18(22)24-11-13-5-3-2-4-6-13/h2-9,12H,10-11H2,1H3,(H,20,21). The fraction of sp³-hybridized carbons (Fsp3) is 0.222. The lowest BCUT2D eigenvalue weighted by Crippen LogP contribution is -2.45. The first-order valence-electron chi connectivity index (χ1n) is 7.56. The first-order valence-corrected chi connectivity index (χ1v) is 7.56. The van der Waals surface area contributed by atoms with Gasteiger partial charge in [0.15, 0.2) is 0 Å². The maximum atomic E-state index is 12.5. The van der Waals surface area contributed by atoms with E-state index in [0.717, 1.165) is 5.56 Å². The number of amides is 1. The number of fused-ring (bicyclic) bond motifs is 1. The summed E-state index contributed by atoms with van der Waals surface area (Å²) in [6.07, 6.45) is -0.487. The van der Waals surface area contributed by atoms with Crippen molar-refractivity contribution in [1.29, 1.82) is 0 Å². The number of hydrogen-bond acceptors (Lipinski definition) is 4. The highest BCUT2D eigenvalue weighted by Gasteiger charge is 2.31. The predicted molar refractivity (Wildman–Crippen MR) is 87.5 cm³/mol. The number of nitrogens with zero attached hydrogens (tertiary/aromatic N) is 1. The highest BCUT2D eigenvalue weighted by molar-refractivity contribution is 5.94. The maximum Gasteiger partial charge on any atom is 0.415 e. The Morgan fingerprint density at radius 2 is 2.00 bits per heavy atom. The van der Waals surface area contributed by atoms with Crippen molar-refractivity contribution in [2.75, 3.05) is 11.5 Å². The molecule has 2 aromatic rings. The molecule has 1 heterocycles. The van der Waals surface area contributed by atoms with Gasteiger partial charge in [-0.3, -0.25) is 4.90 Å². The lowest BCUT2D eigenvalue weighted by atomic mass is 10.1. The van der Waals surface area contributed by atoms with Crippen molar-refractivity contribution in [1.82, 2.24) is 0 Å². The number of carbonyl (C=O) groups excluding carboxylic acids is 1. The van der Waals surface area contributed by atoms with E-state index in [1.165, 1.54) is 17.0 Å². The van der Waals surface area contributed by atoms with Crippen LogP contribution in [0.1, 0.15) is 22.8 Å². The Hall–Kier alpha value is -3.02. The Morgan fingerprint density at radius 1 is 1.25 bits per heavy atom. The van der Waals surface area contributed by atoms with Crippen molar-refractivity contribution in [3.05, 3.63) is 59.7 Å². The van der Waals surface area contributed by atoms with Gasteiger partial charge in [-0.15, -0.1) is 0 Å². The summed E-state index contributed by atoms with van der Waals surface area (Å²) in [5.74, 6) is -0.678. The van der Waals surface area contributed by atoms with E-state index >= 15 is 0 Å². The normalized spacial score (nSPS) is 16.0. The molecule has 0 aromatic heterocycles. The monoisotopic (exact) mass is 327 g/mol. The van der Waals surface area contributed by atoms with Crippen LogP contribution < -0.4 is 9.64 Å². The van der Waals surface area contributed by atoms with Gasteiger partial charge < -0.3 is 14.6 Å². The Morgan fingerprint density at radius 3 is 2.71 bits per heavy atom. The molecule has 0 bridgehead atoms. The second kappa shape index (κ2) is 6.62. The van der Waals surface area contributed by atoms with E-state index in [2.05, 4.69) is 0 Å². The number of carboxylic acids is 1. The third-order valence-corrected chi connectivity index (χ3v) is 3.79. The first kappa shape index (κ1) is 15.9. The topological polar surface area (TPSA) is 76.1 Å². The van der Waals surface area contributed by atoms with E-state index in [1.807, 2.05) is 37.3 Å². The molecule has 0 saturated carbocycles. The number of benzene rings is 2. The molecular formula is C18H17NO5. The minimum absolute atomic E-state index is 0.112. The lowest BCUT2D eigenvalue weighted by molar-refractivity contribution is 0.0696. The minimum Gasteiger partial charge on any atom is -0.489 e. The summed E-state index contributed by atoms with van der Waals surface area (Å²) in [6.45, 7) is 2.29. The summed E-state index contributed by atoms with van der Waals surface area (Å²) in [7, 11) is 0. The van der Waals surface area contributed by atoms with Gasteiger partial charge in [-0.2, -0.15) is 0 Å². The highest BCUT2D eigenvalue weighted by Crippen LogP contribution is 2.35. The van der Waals surface area contributed by atoms with Gasteiger partial charge in [0, 0.05) is 0 Å². The largest absolute Gasteiger partial charge is 0.489 e. The smallest absolute Gasteiger partial charge is 0.415 e. The van der Waals surface area contributed by atoms with Crippen LogP contribution in [0.15, 0.2) is 48.5 Å². The highest BCUT2D eigenvalue weighted by atomic mass is 16.6. The zero-order chi connectivity index (χ0) is 17.1. The lowest BCUT2D eigenvalue weighted by Gasteiger charge is -2.34. The Balaban J connectivity index is 1.80. The summed E-state index contributed by atoms with van der Waals surface area (Å²) in [4.78, 5) is 25.1. The molecule has 1 amide bonds. The molecule has 1 N–H and O–H groups in total. The van der Waals surface area contributed by atoms with E-state index < -0.39 is 12.1 Å². The zero-order valence-electron chi connectivity index (χ0n) is 13.1. The number of rotatable bonds is 3. The second-order valence-electron chi connectivity index (χ2n) is 5.56. The van der Waals surface area contributed by atoms with Gasteiger partial charge in [0.25, 0.3) is 0 Å². The third kappa shape index (κ3) is 3.17. The molecule has 1 atom stereocenters. The van der Waals surface area contributed by atoms with Gasteiger partial charge in [-0.1, -0.05) is 30.3 Å². The Labute approximate surface area is 139 Å².